The number of rotatable bonds is 9. The summed E-state index contributed by atoms with van der Waals surface area (Å²) in [6.07, 6.45) is 7.26. The Labute approximate surface area is 222 Å². The minimum atomic E-state index is -0.418. The lowest BCUT2D eigenvalue weighted by atomic mass is 9.95. The largest absolute Gasteiger partial charge is 0.493 e. The van der Waals surface area contributed by atoms with E-state index >= 15 is 0 Å². The van der Waals surface area contributed by atoms with Gasteiger partial charge in [0.2, 0.25) is 0 Å². The van der Waals surface area contributed by atoms with Crippen molar-refractivity contribution in [3.8, 4) is 11.5 Å². The fourth-order valence-corrected chi connectivity index (χ4v) is 4.53. The van der Waals surface area contributed by atoms with Gasteiger partial charge in [-0.3, -0.25) is 9.59 Å². The van der Waals surface area contributed by atoms with Gasteiger partial charge in [-0.05, 0) is 74.7 Å². The van der Waals surface area contributed by atoms with E-state index in [4.69, 9.17) is 14.2 Å². The molecule has 2 aromatic rings. The normalized spacial score (nSPS) is 16.8. The van der Waals surface area contributed by atoms with Gasteiger partial charge in [-0.15, -0.1) is 0 Å². The average Bonchev–Trinajstić information content (AvgIpc) is 3.21. The lowest BCUT2D eigenvalue weighted by molar-refractivity contribution is -0.124. The summed E-state index contributed by atoms with van der Waals surface area (Å²) in [7, 11) is 1.52. The van der Waals surface area contributed by atoms with Crippen molar-refractivity contribution < 1.29 is 28.6 Å². The van der Waals surface area contributed by atoms with Gasteiger partial charge in [-0.2, -0.15) is 10.1 Å². The number of nitrogens with one attached hydrogen (secondary N) is 1. The number of ether oxygens (including phenoxy) is 3. The highest BCUT2D eigenvalue weighted by atomic mass is 16.5. The molecule has 1 N–H and O–H groups in total. The van der Waals surface area contributed by atoms with Crippen molar-refractivity contribution in [2.75, 3.05) is 25.3 Å². The zero-order chi connectivity index (χ0) is 27.1. The summed E-state index contributed by atoms with van der Waals surface area (Å²) in [5.41, 5.74) is 2.65. The molecule has 2 aliphatic rings. The quantitative estimate of drug-likeness (QED) is 0.386. The third kappa shape index (κ3) is 6.40. The first-order valence-electron chi connectivity index (χ1n) is 12.9. The standard InChI is InChI=1S/C29H33N3O6/c1-4-37-29(35)21-11-13-23(14-12-21)32-28(34)24(19(2)31-32)16-20-10-15-25(26(17-20)36-3)38-18-27(33)30-22-8-6-5-7-9-22/h10-17,22H,4-9,18H2,1-3H3,(H,30,33). The summed E-state index contributed by atoms with van der Waals surface area (Å²) in [6, 6.07) is 12.0. The highest BCUT2D eigenvalue weighted by molar-refractivity contribution is 6.32. The minimum Gasteiger partial charge on any atom is -0.493 e. The van der Waals surface area contributed by atoms with Crippen LogP contribution in [0.15, 0.2) is 53.1 Å². The van der Waals surface area contributed by atoms with Crippen LogP contribution in [0.25, 0.3) is 6.08 Å². The number of nitrogens with zero attached hydrogens (tertiary/aromatic N) is 2. The third-order valence-electron chi connectivity index (χ3n) is 6.51. The topological polar surface area (TPSA) is 107 Å². The molecule has 1 saturated carbocycles. The Bertz CT molecular complexity index is 1250. The highest BCUT2D eigenvalue weighted by Crippen LogP contribution is 2.31. The van der Waals surface area contributed by atoms with Crippen LogP contribution in [-0.2, 0) is 14.3 Å². The van der Waals surface area contributed by atoms with Crippen LogP contribution in [0.1, 0.15) is 61.9 Å². The van der Waals surface area contributed by atoms with Crippen molar-refractivity contribution in [1.29, 1.82) is 0 Å². The van der Waals surface area contributed by atoms with Crippen molar-refractivity contribution in [2.45, 2.75) is 52.0 Å². The van der Waals surface area contributed by atoms with E-state index in [2.05, 4.69) is 10.4 Å². The SMILES string of the molecule is CCOC(=O)c1ccc(N2N=C(C)C(=Cc3ccc(OCC(=O)NC4CCCCC4)c(OC)c3)C2=O)cc1. The minimum absolute atomic E-state index is 0.0958. The molecule has 1 aliphatic heterocycles. The molecular weight excluding hydrogens is 486 g/mol. The predicted molar refractivity (Wildman–Crippen MR) is 144 cm³/mol. The van der Waals surface area contributed by atoms with E-state index in [-0.39, 0.29) is 31.1 Å². The van der Waals surface area contributed by atoms with Crippen molar-refractivity contribution in [3.05, 3.63) is 59.2 Å². The van der Waals surface area contributed by atoms with Gasteiger partial charge >= 0.3 is 5.97 Å². The van der Waals surface area contributed by atoms with Crippen LogP contribution in [0, 0.1) is 0 Å². The van der Waals surface area contributed by atoms with Gasteiger partial charge in [-0.25, -0.2) is 4.79 Å². The Hall–Kier alpha value is -4.14. The fourth-order valence-electron chi connectivity index (χ4n) is 4.53. The smallest absolute Gasteiger partial charge is 0.338 e. The van der Waals surface area contributed by atoms with Crippen molar-refractivity contribution in [3.63, 3.8) is 0 Å². The van der Waals surface area contributed by atoms with E-state index < -0.39 is 5.97 Å². The van der Waals surface area contributed by atoms with Crippen LogP contribution >= 0.6 is 0 Å². The molecule has 0 unspecified atom stereocenters. The summed E-state index contributed by atoms with van der Waals surface area (Å²) < 4.78 is 16.2. The summed E-state index contributed by atoms with van der Waals surface area (Å²) >= 11 is 0. The van der Waals surface area contributed by atoms with Crippen molar-refractivity contribution in [2.24, 2.45) is 5.10 Å². The number of hydrogen-bond donors (Lipinski definition) is 1. The molecule has 0 bridgehead atoms. The fraction of sp³-hybridized carbons (Fsp3) is 0.379. The molecule has 1 heterocycles. The molecule has 1 aliphatic carbocycles. The molecule has 2 aromatic carbocycles. The maximum absolute atomic E-state index is 13.2. The highest BCUT2D eigenvalue weighted by Gasteiger charge is 2.29. The van der Waals surface area contributed by atoms with Gasteiger partial charge in [0, 0.05) is 6.04 Å². The van der Waals surface area contributed by atoms with Crippen LogP contribution in [-0.4, -0.2) is 49.9 Å². The molecule has 0 radical (unpaired) electrons. The van der Waals surface area contributed by atoms with Gasteiger partial charge < -0.3 is 19.5 Å². The van der Waals surface area contributed by atoms with Crippen LogP contribution in [0.3, 0.4) is 0 Å². The number of hydrogen-bond acceptors (Lipinski definition) is 7. The molecule has 1 fully saturated rings. The lowest BCUT2D eigenvalue weighted by Gasteiger charge is -2.22. The van der Waals surface area contributed by atoms with Crippen molar-refractivity contribution >= 4 is 35.3 Å². The number of anilines is 1. The maximum Gasteiger partial charge on any atom is 0.338 e. The molecule has 0 spiro atoms. The first kappa shape index (κ1) is 26.9. The molecule has 2 amide bonds. The summed E-state index contributed by atoms with van der Waals surface area (Å²) in [6.45, 7) is 3.70. The van der Waals surface area contributed by atoms with E-state index in [1.54, 1.807) is 62.4 Å². The third-order valence-corrected chi connectivity index (χ3v) is 6.51. The number of esters is 1. The lowest BCUT2D eigenvalue weighted by Crippen LogP contribution is -2.39. The monoisotopic (exact) mass is 519 g/mol. The van der Waals surface area contributed by atoms with Gasteiger partial charge in [0.25, 0.3) is 11.8 Å². The van der Waals surface area contributed by atoms with Gasteiger partial charge in [-0.1, -0.05) is 25.3 Å². The number of amides is 2. The van der Waals surface area contributed by atoms with Gasteiger partial charge in [0.15, 0.2) is 18.1 Å². The average molecular weight is 520 g/mol. The Morgan fingerprint density at radius 3 is 2.50 bits per heavy atom. The van der Waals surface area contributed by atoms with Crippen LogP contribution in [0.5, 0.6) is 11.5 Å². The molecule has 38 heavy (non-hydrogen) atoms. The Morgan fingerprint density at radius 1 is 1.08 bits per heavy atom. The van der Waals surface area contributed by atoms with E-state index in [0.717, 1.165) is 31.2 Å². The van der Waals surface area contributed by atoms with Gasteiger partial charge in [0.05, 0.1) is 36.3 Å². The van der Waals surface area contributed by atoms with Crippen LogP contribution < -0.4 is 19.8 Å². The second-order valence-electron chi connectivity index (χ2n) is 9.23. The second-order valence-corrected chi connectivity index (χ2v) is 9.23. The summed E-state index contributed by atoms with van der Waals surface area (Å²) in [5.74, 6) is 0.0448. The number of hydrazone groups is 1. The molecule has 9 heteroatoms. The number of benzene rings is 2. The van der Waals surface area contributed by atoms with Crippen LogP contribution in [0.2, 0.25) is 0 Å². The first-order valence-corrected chi connectivity index (χ1v) is 12.9. The van der Waals surface area contributed by atoms with Crippen molar-refractivity contribution in [1.82, 2.24) is 5.32 Å². The summed E-state index contributed by atoms with van der Waals surface area (Å²) in [5, 5.41) is 8.74. The second kappa shape index (κ2) is 12.4. The van der Waals surface area contributed by atoms with E-state index in [0.29, 0.717) is 34.0 Å². The van der Waals surface area contributed by atoms with E-state index in [1.807, 2.05) is 0 Å². The number of carbonyl (C=O) groups excluding carboxylic acids is 3. The van der Waals surface area contributed by atoms with Crippen LogP contribution in [0.4, 0.5) is 5.69 Å². The van der Waals surface area contributed by atoms with E-state index in [1.165, 1.54) is 18.5 Å². The molecule has 0 saturated heterocycles. The zero-order valence-corrected chi connectivity index (χ0v) is 22.0. The van der Waals surface area contributed by atoms with E-state index in [9.17, 15) is 14.4 Å². The number of methoxy groups -OCH3 is 1. The Morgan fingerprint density at radius 2 is 1.82 bits per heavy atom. The zero-order valence-electron chi connectivity index (χ0n) is 22.0. The molecule has 0 atom stereocenters. The first-order chi connectivity index (χ1) is 18.4. The molecule has 9 nitrogen and oxygen atoms in total. The molecular formula is C29H33N3O6. The summed E-state index contributed by atoms with van der Waals surface area (Å²) in [4.78, 5) is 37.4. The molecule has 0 aromatic heterocycles. The van der Waals surface area contributed by atoms with Gasteiger partial charge in [0.1, 0.15) is 0 Å². The maximum atomic E-state index is 13.2. The molecule has 4 rings (SSSR count). The Balaban J connectivity index is 1.42. The Kier molecular flexibility index (Phi) is 8.78. The number of carbonyl (C=O) groups is 3. The molecule has 200 valence electrons. The predicted octanol–water partition coefficient (Wildman–Crippen LogP) is 4.51.